The van der Waals surface area contributed by atoms with Crippen molar-refractivity contribution in [3.63, 3.8) is 0 Å². The molecule has 0 saturated carbocycles. The number of nitrogens with zero attached hydrogens (tertiary/aromatic N) is 2. The van der Waals surface area contributed by atoms with Crippen LogP contribution in [0, 0.1) is 0 Å². The minimum atomic E-state index is 0.383. The summed E-state index contributed by atoms with van der Waals surface area (Å²) < 4.78 is 17.1. The summed E-state index contributed by atoms with van der Waals surface area (Å²) in [6.45, 7) is 0.383. The van der Waals surface area contributed by atoms with Crippen molar-refractivity contribution < 1.29 is 14.2 Å². The number of ether oxygens (including phenoxy) is 3. The molecule has 0 radical (unpaired) electrons. The molecule has 0 aliphatic rings. The third-order valence-corrected chi connectivity index (χ3v) is 3.01. The van der Waals surface area contributed by atoms with Crippen LogP contribution in [0.3, 0.4) is 0 Å². The van der Waals surface area contributed by atoms with Gasteiger partial charge in [0.25, 0.3) is 0 Å². The van der Waals surface area contributed by atoms with Crippen LogP contribution in [-0.4, -0.2) is 36.2 Å². The van der Waals surface area contributed by atoms with Crippen molar-refractivity contribution in [1.82, 2.24) is 9.78 Å². The first kappa shape index (κ1) is 16.1. The maximum absolute atomic E-state index is 5.31. The average molecular weight is 322 g/mol. The molecule has 1 aromatic carbocycles. The van der Waals surface area contributed by atoms with Crippen molar-refractivity contribution in [1.29, 1.82) is 0 Å². The second-order valence-electron chi connectivity index (χ2n) is 4.33. The van der Waals surface area contributed by atoms with Gasteiger partial charge in [-0.15, -0.1) is 0 Å². The Bertz CT molecular complexity index is 645. The number of nitrogens with one attached hydrogen (secondary N) is 2. The summed E-state index contributed by atoms with van der Waals surface area (Å²) in [4.78, 5) is 0. The van der Waals surface area contributed by atoms with Gasteiger partial charge in [0.15, 0.2) is 5.11 Å². The van der Waals surface area contributed by atoms with Gasteiger partial charge in [-0.2, -0.15) is 5.10 Å². The van der Waals surface area contributed by atoms with E-state index < -0.39 is 0 Å². The number of anilines is 2. The molecule has 22 heavy (non-hydrogen) atoms. The highest BCUT2D eigenvalue weighted by atomic mass is 32.1. The number of rotatable bonds is 6. The van der Waals surface area contributed by atoms with Gasteiger partial charge in [-0.3, -0.25) is 0 Å². The molecule has 0 fully saturated rings. The molecule has 0 aliphatic heterocycles. The first-order chi connectivity index (χ1) is 10.7. The maximum atomic E-state index is 5.31. The highest BCUT2D eigenvalue weighted by Gasteiger charge is 2.07. The van der Waals surface area contributed by atoms with Crippen LogP contribution in [0.25, 0.3) is 0 Å². The Hall–Kier alpha value is -2.32. The van der Waals surface area contributed by atoms with Crippen LogP contribution in [0.1, 0.15) is 0 Å². The molecule has 0 aliphatic carbocycles. The molecular formula is C14H18N4O3S. The van der Waals surface area contributed by atoms with Crippen molar-refractivity contribution in [2.75, 3.05) is 32.0 Å². The molecule has 1 heterocycles. The Balaban J connectivity index is 2.02. The zero-order valence-corrected chi connectivity index (χ0v) is 13.4. The van der Waals surface area contributed by atoms with Crippen LogP contribution in [0.5, 0.6) is 11.5 Å². The highest BCUT2D eigenvalue weighted by Crippen LogP contribution is 2.29. The van der Waals surface area contributed by atoms with Gasteiger partial charge in [-0.1, -0.05) is 0 Å². The second-order valence-corrected chi connectivity index (χ2v) is 4.74. The Morgan fingerprint density at radius 2 is 2.05 bits per heavy atom. The van der Waals surface area contributed by atoms with Crippen LogP contribution in [-0.2, 0) is 11.5 Å². The van der Waals surface area contributed by atoms with Crippen LogP contribution in [0.15, 0.2) is 30.6 Å². The molecule has 2 aromatic rings. The fraction of sp³-hybridized carbons (Fsp3) is 0.286. The lowest BCUT2D eigenvalue weighted by atomic mass is 10.2. The number of hydrogen-bond acceptors (Lipinski definition) is 5. The van der Waals surface area contributed by atoms with E-state index in [0.717, 1.165) is 11.4 Å². The largest absolute Gasteiger partial charge is 0.497 e. The Morgan fingerprint density at radius 3 is 2.73 bits per heavy atom. The number of hydrogen-bond donors (Lipinski definition) is 2. The van der Waals surface area contributed by atoms with E-state index in [1.165, 1.54) is 0 Å². The standard InChI is InChI=1S/C14H18N4O3S/c1-19-9-18-8-10(7-15-18)16-14(22)17-12-5-4-11(20-2)6-13(12)21-3/h4-8H,9H2,1-3H3,(H2,16,17,22). The maximum Gasteiger partial charge on any atom is 0.175 e. The van der Waals surface area contributed by atoms with Gasteiger partial charge in [0.1, 0.15) is 18.2 Å². The Morgan fingerprint density at radius 1 is 1.23 bits per heavy atom. The van der Waals surface area contributed by atoms with Crippen LogP contribution < -0.4 is 20.1 Å². The predicted octanol–water partition coefficient (Wildman–Crippen LogP) is 2.31. The summed E-state index contributed by atoms with van der Waals surface area (Å²) in [5.41, 5.74) is 1.51. The molecule has 8 heteroatoms. The molecule has 0 saturated heterocycles. The molecule has 0 atom stereocenters. The quantitative estimate of drug-likeness (QED) is 0.791. The summed E-state index contributed by atoms with van der Waals surface area (Å²) in [5.74, 6) is 1.35. The van der Waals surface area contributed by atoms with E-state index in [1.54, 1.807) is 44.5 Å². The molecule has 0 bridgehead atoms. The van der Waals surface area contributed by atoms with E-state index in [2.05, 4.69) is 15.7 Å². The zero-order valence-electron chi connectivity index (χ0n) is 12.6. The number of methoxy groups -OCH3 is 3. The number of benzene rings is 1. The summed E-state index contributed by atoms with van der Waals surface area (Å²) in [7, 11) is 4.80. The van der Waals surface area contributed by atoms with Gasteiger partial charge in [0.2, 0.25) is 0 Å². The summed E-state index contributed by atoms with van der Waals surface area (Å²) in [6.07, 6.45) is 3.46. The molecule has 0 amide bonds. The van der Waals surface area contributed by atoms with Crippen molar-refractivity contribution >= 4 is 28.7 Å². The zero-order chi connectivity index (χ0) is 15.9. The van der Waals surface area contributed by atoms with Crippen molar-refractivity contribution in [2.45, 2.75) is 6.73 Å². The van der Waals surface area contributed by atoms with Gasteiger partial charge in [-0.05, 0) is 24.4 Å². The SMILES string of the molecule is COCn1cc(NC(=S)Nc2ccc(OC)cc2OC)cn1. The number of thiocarbonyl (C=S) groups is 1. The first-order valence-corrected chi connectivity index (χ1v) is 6.88. The summed E-state index contributed by atoms with van der Waals surface area (Å²) >= 11 is 5.28. The van der Waals surface area contributed by atoms with Crippen molar-refractivity contribution in [2.24, 2.45) is 0 Å². The fourth-order valence-corrected chi connectivity index (χ4v) is 2.05. The topological polar surface area (TPSA) is 69.6 Å². The predicted molar refractivity (Wildman–Crippen MR) is 88.6 cm³/mol. The second kappa shape index (κ2) is 7.62. The first-order valence-electron chi connectivity index (χ1n) is 6.47. The number of aromatic nitrogens is 2. The van der Waals surface area contributed by atoms with Gasteiger partial charge >= 0.3 is 0 Å². The van der Waals surface area contributed by atoms with Crippen LogP contribution in [0.2, 0.25) is 0 Å². The van der Waals surface area contributed by atoms with E-state index >= 15 is 0 Å². The lowest BCUT2D eigenvalue weighted by Crippen LogP contribution is -2.19. The minimum absolute atomic E-state index is 0.383. The molecule has 118 valence electrons. The average Bonchev–Trinajstić information content (AvgIpc) is 2.95. The van der Waals surface area contributed by atoms with Crippen molar-refractivity contribution in [3.8, 4) is 11.5 Å². The molecule has 2 rings (SSSR count). The van der Waals surface area contributed by atoms with Gasteiger partial charge in [-0.25, -0.2) is 4.68 Å². The fourth-order valence-electron chi connectivity index (χ4n) is 1.82. The molecule has 0 spiro atoms. The van der Waals surface area contributed by atoms with E-state index in [0.29, 0.717) is 23.3 Å². The minimum Gasteiger partial charge on any atom is -0.497 e. The van der Waals surface area contributed by atoms with Crippen LogP contribution in [0.4, 0.5) is 11.4 Å². The summed E-state index contributed by atoms with van der Waals surface area (Å²) in [6, 6.07) is 5.44. The van der Waals surface area contributed by atoms with E-state index in [1.807, 2.05) is 12.1 Å². The normalized spacial score (nSPS) is 10.1. The lowest BCUT2D eigenvalue weighted by Gasteiger charge is -2.13. The van der Waals surface area contributed by atoms with Gasteiger partial charge < -0.3 is 24.8 Å². The molecule has 7 nitrogen and oxygen atoms in total. The molecule has 0 unspecified atom stereocenters. The van der Waals surface area contributed by atoms with Crippen LogP contribution >= 0.6 is 12.2 Å². The van der Waals surface area contributed by atoms with Crippen molar-refractivity contribution in [3.05, 3.63) is 30.6 Å². The monoisotopic (exact) mass is 322 g/mol. The van der Waals surface area contributed by atoms with E-state index in [4.69, 9.17) is 26.4 Å². The molecule has 1 aromatic heterocycles. The van der Waals surface area contributed by atoms with Gasteiger partial charge in [0, 0.05) is 13.2 Å². The Labute approximate surface area is 134 Å². The summed E-state index contributed by atoms with van der Waals surface area (Å²) in [5, 5.41) is 10.7. The van der Waals surface area contributed by atoms with Gasteiger partial charge in [0.05, 0.1) is 38.0 Å². The molecule has 2 N–H and O–H groups in total. The van der Waals surface area contributed by atoms with E-state index in [-0.39, 0.29) is 0 Å². The Kier molecular flexibility index (Phi) is 5.56. The smallest absolute Gasteiger partial charge is 0.175 e. The third kappa shape index (κ3) is 4.09. The lowest BCUT2D eigenvalue weighted by molar-refractivity contribution is 0.120. The highest BCUT2D eigenvalue weighted by molar-refractivity contribution is 7.80. The third-order valence-electron chi connectivity index (χ3n) is 2.81. The van der Waals surface area contributed by atoms with E-state index in [9.17, 15) is 0 Å². The molecular weight excluding hydrogens is 304 g/mol.